The Kier molecular flexibility index (Phi) is 7.57. The average molecular weight is 217 g/mol. The number of amides is 2. The van der Waals surface area contributed by atoms with Crippen LogP contribution in [0, 0.1) is 0 Å². The summed E-state index contributed by atoms with van der Waals surface area (Å²) in [5.41, 5.74) is 5.06. The molecule has 0 aliphatic carbocycles. The first kappa shape index (κ1) is 13.9. The number of aliphatic hydroxyl groups excluding tert-OH is 1. The smallest absolute Gasteiger partial charge is 0.239 e. The average Bonchev–Trinajstić information content (AvgIpc) is 2.25. The highest BCUT2D eigenvalue weighted by Gasteiger charge is 2.09. The molecule has 0 heterocycles. The fraction of sp³-hybridized carbons (Fsp3) is 0.778. The topological polar surface area (TPSA) is 104 Å². The quantitative estimate of drug-likeness (QED) is 0.409. The zero-order chi connectivity index (χ0) is 11.7. The van der Waals surface area contributed by atoms with Crippen molar-refractivity contribution in [3.8, 4) is 0 Å². The first-order valence-electron chi connectivity index (χ1n) is 5.01. The molecule has 0 saturated carbocycles. The van der Waals surface area contributed by atoms with Crippen LogP contribution in [0.4, 0.5) is 0 Å². The molecule has 6 nitrogen and oxygen atoms in total. The van der Waals surface area contributed by atoms with Gasteiger partial charge in [-0.05, 0) is 12.8 Å². The Morgan fingerprint density at radius 2 is 2.07 bits per heavy atom. The van der Waals surface area contributed by atoms with Gasteiger partial charge in [-0.3, -0.25) is 9.59 Å². The van der Waals surface area contributed by atoms with E-state index in [1.54, 1.807) is 0 Å². The van der Waals surface area contributed by atoms with E-state index in [1.165, 1.54) is 0 Å². The molecular weight excluding hydrogens is 198 g/mol. The second kappa shape index (κ2) is 8.19. The third-order valence-electron chi connectivity index (χ3n) is 1.97. The monoisotopic (exact) mass is 217 g/mol. The van der Waals surface area contributed by atoms with Crippen LogP contribution >= 0.6 is 0 Å². The van der Waals surface area contributed by atoms with Gasteiger partial charge in [-0.25, -0.2) is 0 Å². The van der Waals surface area contributed by atoms with Crippen LogP contribution in [0.5, 0.6) is 0 Å². The lowest BCUT2D eigenvalue weighted by Gasteiger charge is -2.15. The lowest BCUT2D eigenvalue weighted by molar-refractivity contribution is -0.125. The maximum Gasteiger partial charge on any atom is 0.239 e. The highest BCUT2D eigenvalue weighted by atomic mass is 16.3. The predicted octanol–water partition coefficient (Wildman–Crippen LogP) is -1.66. The van der Waals surface area contributed by atoms with Crippen LogP contribution in [0.3, 0.4) is 0 Å². The molecule has 1 unspecified atom stereocenters. The SMILES string of the molecule is CCC(CCO)NC(=O)CNC(=O)CN. The lowest BCUT2D eigenvalue weighted by atomic mass is 10.1. The van der Waals surface area contributed by atoms with Gasteiger partial charge in [0.15, 0.2) is 0 Å². The third kappa shape index (κ3) is 6.87. The van der Waals surface area contributed by atoms with Gasteiger partial charge in [0, 0.05) is 12.6 Å². The van der Waals surface area contributed by atoms with Crippen molar-refractivity contribution < 1.29 is 14.7 Å². The van der Waals surface area contributed by atoms with E-state index in [1.807, 2.05) is 6.92 Å². The molecule has 6 heteroatoms. The molecule has 0 aliphatic rings. The van der Waals surface area contributed by atoms with Crippen LogP contribution in [0.1, 0.15) is 19.8 Å². The van der Waals surface area contributed by atoms with E-state index >= 15 is 0 Å². The molecule has 2 amide bonds. The number of hydrogen-bond donors (Lipinski definition) is 4. The van der Waals surface area contributed by atoms with E-state index in [2.05, 4.69) is 10.6 Å². The number of nitrogens with two attached hydrogens (primary N) is 1. The molecule has 1 atom stereocenters. The minimum atomic E-state index is -0.361. The Bertz CT molecular complexity index is 209. The van der Waals surface area contributed by atoms with Crippen LogP contribution in [0.2, 0.25) is 0 Å². The fourth-order valence-electron chi connectivity index (χ4n) is 1.06. The molecule has 0 aliphatic heterocycles. The Morgan fingerprint density at radius 3 is 2.53 bits per heavy atom. The number of carbonyl (C=O) groups excluding carboxylic acids is 2. The summed E-state index contributed by atoms with van der Waals surface area (Å²) in [6.45, 7) is 1.76. The van der Waals surface area contributed by atoms with E-state index in [-0.39, 0.29) is 37.6 Å². The fourth-order valence-corrected chi connectivity index (χ4v) is 1.06. The zero-order valence-corrected chi connectivity index (χ0v) is 8.95. The van der Waals surface area contributed by atoms with E-state index in [0.717, 1.165) is 6.42 Å². The van der Waals surface area contributed by atoms with Gasteiger partial charge < -0.3 is 21.5 Å². The van der Waals surface area contributed by atoms with Gasteiger partial charge in [0.1, 0.15) is 0 Å². The van der Waals surface area contributed by atoms with Gasteiger partial charge in [-0.15, -0.1) is 0 Å². The number of hydrogen-bond acceptors (Lipinski definition) is 4. The second-order valence-electron chi connectivity index (χ2n) is 3.17. The molecule has 5 N–H and O–H groups in total. The van der Waals surface area contributed by atoms with E-state index in [0.29, 0.717) is 6.42 Å². The van der Waals surface area contributed by atoms with E-state index in [4.69, 9.17) is 10.8 Å². The maximum absolute atomic E-state index is 11.3. The van der Waals surface area contributed by atoms with Gasteiger partial charge >= 0.3 is 0 Å². The number of nitrogens with one attached hydrogen (secondary N) is 2. The largest absolute Gasteiger partial charge is 0.396 e. The zero-order valence-electron chi connectivity index (χ0n) is 8.95. The van der Waals surface area contributed by atoms with Crippen LogP contribution in [-0.4, -0.2) is 42.7 Å². The Hall–Kier alpha value is -1.14. The molecule has 0 saturated heterocycles. The molecular formula is C9H19N3O3. The molecule has 0 bridgehead atoms. The van der Waals surface area contributed by atoms with E-state index in [9.17, 15) is 9.59 Å². The molecule has 0 spiro atoms. The number of rotatable bonds is 7. The van der Waals surface area contributed by atoms with Crippen molar-refractivity contribution in [1.29, 1.82) is 0 Å². The normalized spacial score (nSPS) is 11.9. The third-order valence-corrected chi connectivity index (χ3v) is 1.97. The molecule has 0 aromatic carbocycles. The molecule has 0 rings (SSSR count). The summed E-state index contributed by atoms with van der Waals surface area (Å²) >= 11 is 0. The molecule has 0 fully saturated rings. The second-order valence-corrected chi connectivity index (χ2v) is 3.17. The maximum atomic E-state index is 11.3. The number of aliphatic hydroxyl groups is 1. The minimum Gasteiger partial charge on any atom is -0.396 e. The summed E-state index contributed by atoms with van der Waals surface area (Å²) in [6.07, 6.45) is 1.27. The van der Waals surface area contributed by atoms with Crippen molar-refractivity contribution in [3.05, 3.63) is 0 Å². The van der Waals surface area contributed by atoms with Crippen molar-refractivity contribution in [2.24, 2.45) is 5.73 Å². The van der Waals surface area contributed by atoms with Gasteiger partial charge in [-0.2, -0.15) is 0 Å². The molecule has 0 aromatic heterocycles. The van der Waals surface area contributed by atoms with Crippen molar-refractivity contribution in [2.75, 3.05) is 19.7 Å². The summed E-state index contributed by atoms with van der Waals surface area (Å²) in [7, 11) is 0. The molecule has 15 heavy (non-hydrogen) atoms. The van der Waals surface area contributed by atoms with Crippen molar-refractivity contribution in [1.82, 2.24) is 10.6 Å². The lowest BCUT2D eigenvalue weighted by Crippen LogP contribution is -2.43. The van der Waals surface area contributed by atoms with Crippen LogP contribution in [0.15, 0.2) is 0 Å². The first-order valence-corrected chi connectivity index (χ1v) is 5.01. The highest BCUT2D eigenvalue weighted by molar-refractivity contribution is 5.85. The van der Waals surface area contributed by atoms with Crippen molar-refractivity contribution in [2.45, 2.75) is 25.8 Å². The van der Waals surface area contributed by atoms with Crippen molar-refractivity contribution in [3.63, 3.8) is 0 Å². The summed E-state index contributed by atoms with van der Waals surface area (Å²) in [5.74, 6) is -0.627. The summed E-state index contributed by atoms with van der Waals surface area (Å²) in [5, 5.41) is 13.8. The summed E-state index contributed by atoms with van der Waals surface area (Å²) in [6, 6.07) is -0.0442. The highest BCUT2D eigenvalue weighted by Crippen LogP contribution is 1.95. The van der Waals surface area contributed by atoms with Crippen LogP contribution in [0.25, 0.3) is 0 Å². The van der Waals surface area contributed by atoms with Gasteiger partial charge in [0.2, 0.25) is 11.8 Å². The Morgan fingerprint density at radius 1 is 1.40 bits per heavy atom. The van der Waals surface area contributed by atoms with Crippen LogP contribution in [-0.2, 0) is 9.59 Å². The summed E-state index contributed by atoms with van der Waals surface area (Å²) < 4.78 is 0. The molecule has 0 aromatic rings. The van der Waals surface area contributed by atoms with Crippen LogP contribution < -0.4 is 16.4 Å². The predicted molar refractivity (Wildman–Crippen MR) is 56.0 cm³/mol. The van der Waals surface area contributed by atoms with E-state index < -0.39 is 0 Å². The summed E-state index contributed by atoms with van der Waals surface area (Å²) in [4.78, 5) is 22.0. The minimum absolute atomic E-state index is 0.0357. The molecule has 88 valence electrons. The van der Waals surface area contributed by atoms with Gasteiger partial charge in [0.25, 0.3) is 0 Å². The molecule has 0 radical (unpaired) electrons. The van der Waals surface area contributed by atoms with Gasteiger partial charge in [-0.1, -0.05) is 6.92 Å². The van der Waals surface area contributed by atoms with Gasteiger partial charge in [0.05, 0.1) is 13.1 Å². The van der Waals surface area contributed by atoms with Crippen molar-refractivity contribution >= 4 is 11.8 Å². The Balaban J connectivity index is 3.75. The standard InChI is InChI=1S/C9H19N3O3/c1-2-7(3-4-13)12-9(15)6-11-8(14)5-10/h7,13H,2-6,10H2,1H3,(H,11,14)(H,12,15). The first-order chi connectivity index (χ1) is 7.13. The Labute approximate surface area is 89.2 Å². The number of carbonyl (C=O) groups is 2.